The standard InChI is InChI=1S/C17H22N2O/c1-13(14-6-4-3-5-7-14)19-17(12-18)15-8-10-16(20-2)11-9-15/h3-11,13,17,19H,12,18H2,1-2H3. The number of methoxy groups -OCH3 is 1. The van der Waals surface area contributed by atoms with Crippen LogP contribution in [0.2, 0.25) is 0 Å². The Morgan fingerprint density at radius 3 is 2.20 bits per heavy atom. The van der Waals surface area contributed by atoms with Gasteiger partial charge in [0.05, 0.1) is 7.11 Å². The zero-order valence-electron chi connectivity index (χ0n) is 12.0. The molecule has 2 unspecified atom stereocenters. The Kier molecular flexibility index (Phi) is 5.16. The molecular formula is C17H22N2O. The first-order chi connectivity index (χ1) is 9.74. The average Bonchev–Trinajstić information content (AvgIpc) is 2.53. The number of hydrogen-bond acceptors (Lipinski definition) is 3. The molecule has 0 aliphatic rings. The molecule has 3 nitrogen and oxygen atoms in total. The van der Waals surface area contributed by atoms with Gasteiger partial charge in [0, 0.05) is 18.6 Å². The lowest BCUT2D eigenvalue weighted by Gasteiger charge is -2.23. The number of benzene rings is 2. The van der Waals surface area contributed by atoms with Crippen LogP contribution in [0.5, 0.6) is 5.75 Å². The molecule has 0 amide bonds. The lowest BCUT2D eigenvalue weighted by Crippen LogP contribution is -2.30. The molecule has 20 heavy (non-hydrogen) atoms. The van der Waals surface area contributed by atoms with Gasteiger partial charge in [0.15, 0.2) is 0 Å². The lowest BCUT2D eigenvalue weighted by molar-refractivity contribution is 0.414. The summed E-state index contributed by atoms with van der Waals surface area (Å²) in [6.07, 6.45) is 0. The average molecular weight is 270 g/mol. The first kappa shape index (κ1) is 14.6. The summed E-state index contributed by atoms with van der Waals surface area (Å²) < 4.78 is 5.18. The minimum Gasteiger partial charge on any atom is -0.497 e. The van der Waals surface area contributed by atoms with Gasteiger partial charge in [0.2, 0.25) is 0 Å². The van der Waals surface area contributed by atoms with Gasteiger partial charge in [0.1, 0.15) is 5.75 Å². The Morgan fingerprint density at radius 2 is 1.65 bits per heavy atom. The van der Waals surface area contributed by atoms with E-state index < -0.39 is 0 Å². The molecule has 0 aliphatic carbocycles. The maximum Gasteiger partial charge on any atom is 0.118 e. The summed E-state index contributed by atoms with van der Waals surface area (Å²) in [4.78, 5) is 0. The van der Waals surface area contributed by atoms with E-state index in [1.54, 1.807) is 7.11 Å². The molecule has 0 aliphatic heterocycles. The van der Waals surface area contributed by atoms with Crippen LogP contribution in [0.15, 0.2) is 54.6 Å². The van der Waals surface area contributed by atoms with E-state index in [4.69, 9.17) is 10.5 Å². The molecule has 0 bridgehead atoms. The van der Waals surface area contributed by atoms with Crippen LogP contribution in [-0.2, 0) is 0 Å². The highest BCUT2D eigenvalue weighted by atomic mass is 16.5. The number of nitrogens with two attached hydrogens (primary N) is 1. The van der Waals surface area contributed by atoms with Gasteiger partial charge in [-0.2, -0.15) is 0 Å². The van der Waals surface area contributed by atoms with Crippen LogP contribution < -0.4 is 15.8 Å². The van der Waals surface area contributed by atoms with Crippen LogP contribution in [0.4, 0.5) is 0 Å². The normalized spacial score (nSPS) is 13.8. The maximum atomic E-state index is 5.91. The number of hydrogen-bond donors (Lipinski definition) is 2. The molecule has 3 N–H and O–H groups in total. The second-order valence-corrected chi connectivity index (χ2v) is 4.86. The van der Waals surface area contributed by atoms with Gasteiger partial charge in [-0.15, -0.1) is 0 Å². The monoisotopic (exact) mass is 270 g/mol. The predicted molar refractivity (Wildman–Crippen MR) is 82.8 cm³/mol. The van der Waals surface area contributed by atoms with Gasteiger partial charge < -0.3 is 15.8 Å². The van der Waals surface area contributed by atoms with E-state index in [1.165, 1.54) is 11.1 Å². The van der Waals surface area contributed by atoms with Crippen molar-refractivity contribution in [1.82, 2.24) is 5.32 Å². The highest BCUT2D eigenvalue weighted by Gasteiger charge is 2.13. The van der Waals surface area contributed by atoms with Gasteiger partial charge in [-0.3, -0.25) is 0 Å². The third-order valence-corrected chi connectivity index (χ3v) is 3.50. The van der Waals surface area contributed by atoms with Gasteiger partial charge >= 0.3 is 0 Å². The summed E-state index contributed by atoms with van der Waals surface area (Å²) in [7, 11) is 1.67. The molecule has 0 spiro atoms. The predicted octanol–water partition coefficient (Wildman–Crippen LogP) is 3.05. The van der Waals surface area contributed by atoms with Crippen molar-refractivity contribution < 1.29 is 4.74 Å². The molecule has 0 aromatic heterocycles. The van der Waals surface area contributed by atoms with Crippen LogP contribution in [-0.4, -0.2) is 13.7 Å². The van der Waals surface area contributed by atoms with Crippen molar-refractivity contribution in [3.8, 4) is 5.75 Å². The van der Waals surface area contributed by atoms with Crippen molar-refractivity contribution in [2.24, 2.45) is 5.73 Å². The Morgan fingerprint density at radius 1 is 1.00 bits per heavy atom. The zero-order valence-corrected chi connectivity index (χ0v) is 12.0. The van der Waals surface area contributed by atoms with Gasteiger partial charge in [-0.1, -0.05) is 42.5 Å². The second kappa shape index (κ2) is 7.08. The van der Waals surface area contributed by atoms with Crippen molar-refractivity contribution in [3.05, 3.63) is 65.7 Å². The third kappa shape index (κ3) is 3.59. The van der Waals surface area contributed by atoms with Crippen molar-refractivity contribution in [2.45, 2.75) is 19.0 Å². The largest absolute Gasteiger partial charge is 0.497 e. The Hall–Kier alpha value is -1.84. The third-order valence-electron chi connectivity index (χ3n) is 3.50. The molecule has 0 heterocycles. The van der Waals surface area contributed by atoms with E-state index in [9.17, 15) is 0 Å². The Balaban J connectivity index is 2.08. The molecule has 0 saturated carbocycles. The van der Waals surface area contributed by atoms with Gasteiger partial charge in [-0.25, -0.2) is 0 Å². The summed E-state index contributed by atoms with van der Waals surface area (Å²) in [5, 5.41) is 3.57. The summed E-state index contributed by atoms with van der Waals surface area (Å²) in [5.41, 5.74) is 8.35. The van der Waals surface area contributed by atoms with Gasteiger partial charge in [-0.05, 0) is 30.2 Å². The van der Waals surface area contributed by atoms with Crippen LogP contribution in [0.1, 0.15) is 30.1 Å². The lowest BCUT2D eigenvalue weighted by atomic mass is 10.0. The summed E-state index contributed by atoms with van der Waals surface area (Å²) in [5.74, 6) is 0.862. The molecule has 2 aromatic rings. The summed E-state index contributed by atoms with van der Waals surface area (Å²) in [6.45, 7) is 2.71. The molecule has 0 radical (unpaired) electrons. The highest BCUT2D eigenvalue weighted by molar-refractivity contribution is 5.29. The second-order valence-electron chi connectivity index (χ2n) is 4.86. The number of nitrogens with one attached hydrogen (secondary N) is 1. The topological polar surface area (TPSA) is 47.3 Å². The fourth-order valence-corrected chi connectivity index (χ4v) is 2.28. The maximum absolute atomic E-state index is 5.91. The molecule has 2 atom stereocenters. The van der Waals surface area contributed by atoms with Crippen LogP contribution in [0.25, 0.3) is 0 Å². The molecule has 106 valence electrons. The van der Waals surface area contributed by atoms with E-state index in [0.717, 1.165) is 5.75 Å². The highest BCUT2D eigenvalue weighted by Crippen LogP contribution is 2.21. The van der Waals surface area contributed by atoms with E-state index in [2.05, 4.69) is 48.6 Å². The quantitative estimate of drug-likeness (QED) is 0.848. The van der Waals surface area contributed by atoms with Crippen LogP contribution in [0, 0.1) is 0 Å². The molecule has 0 saturated heterocycles. The molecule has 0 fully saturated rings. The number of rotatable bonds is 6. The fourth-order valence-electron chi connectivity index (χ4n) is 2.28. The van der Waals surface area contributed by atoms with Crippen LogP contribution >= 0.6 is 0 Å². The van der Waals surface area contributed by atoms with Crippen LogP contribution in [0.3, 0.4) is 0 Å². The van der Waals surface area contributed by atoms with E-state index in [1.807, 2.05) is 18.2 Å². The molecular weight excluding hydrogens is 248 g/mol. The minimum absolute atomic E-state index is 0.135. The SMILES string of the molecule is COc1ccc(C(CN)NC(C)c2ccccc2)cc1. The van der Waals surface area contributed by atoms with E-state index in [-0.39, 0.29) is 12.1 Å². The van der Waals surface area contributed by atoms with Crippen molar-refractivity contribution in [1.29, 1.82) is 0 Å². The zero-order chi connectivity index (χ0) is 14.4. The first-order valence-electron chi connectivity index (χ1n) is 6.89. The van der Waals surface area contributed by atoms with Crippen molar-refractivity contribution in [2.75, 3.05) is 13.7 Å². The Labute approximate surface area is 120 Å². The van der Waals surface area contributed by atoms with Gasteiger partial charge in [0.25, 0.3) is 0 Å². The minimum atomic E-state index is 0.135. The molecule has 3 heteroatoms. The summed E-state index contributed by atoms with van der Waals surface area (Å²) >= 11 is 0. The summed E-state index contributed by atoms with van der Waals surface area (Å²) in [6, 6.07) is 18.8. The fraction of sp³-hybridized carbons (Fsp3) is 0.294. The van der Waals surface area contributed by atoms with E-state index >= 15 is 0 Å². The number of ether oxygens (including phenoxy) is 1. The van der Waals surface area contributed by atoms with Crippen molar-refractivity contribution in [3.63, 3.8) is 0 Å². The smallest absolute Gasteiger partial charge is 0.118 e. The van der Waals surface area contributed by atoms with E-state index in [0.29, 0.717) is 6.54 Å². The Bertz CT molecular complexity index is 510. The first-order valence-corrected chi connectivity index (χ1v) is 6.89. The molecule has 2 rings (SSSR count). The van der Waals surface area contributed by atoms with Crippen molar-refractivity contribution >= 4 is 0 Å². The molecule has 2 aromatic carbocycles.